The van der Waals surface area contributed by atoms with E-state index in [4.69, 9.17) is 30.1 Å². The van der Waals surface area contributed by atoms with Gasteiger partial charge in [0.2, 0.25) is 12.2 Å². The van der Waals surface area contributed by atoms with Crippen molar-refractivity contribution in [1.29, 1.82) is 0 Å². The number of amides is 1. The molecule has 10 atom stereocenters. The Bertz CT molecular complexity index is 937. The quantitative estimate of drug-likeness (QED) is 0.0930. The van der Waals surface area contributed by atoms with Crippen molar-refractivity contribution in [1.82, 2.24) is 5.32 Å². The van der Waals surface area contributed by atoms with Crippen molar-refractivity contribution >= 4 is 5.91 Å². The maximum atomic E-state index is 11.5. The van der Waals surface area contributed by atoms with Gasteiger partial charge in [0, 0.05) is 12.8 Å². The van der Waals surface area contributed by atoms with E-state index in [9.17, 15) is 40.5 Å². The summed E-state index contributed by atoms with van der Waals surface area (Å²) in [6.45, 7) is -0.870. The van der Waals surface area contributed by atoms with Crippen molar-refractivity contribution < 1.29 is 64.2 Å². The molecule has 1 amide bonds. The zero-order chi connectivity index (χ0) is 28.5. The monoisotopic (exact) mass is 557 g/mol. The number of ether oxygens (including phenoxy) is 5. The lowest BCUT2D eigenvalue weighted by molar-refractivity contribution is -0.352. The summed E-state index contributed by atoms with van der Waals surface area (Å²) in [5.41, 5.74) is 0. The largest absolute Gasteiger partial charge is 0.492 e. The van der Waals surface area contributed by atoms with Gasteiger partial charge in [-0.2, -0.15) is 0 Å². The van der Waals surface area contributed by atoms with Gasteiger partial charge in [0.15, 0.2) is 6.29 Å². The zero-order valence-electron chi connectivity index (χ0n) is 21.0. The molecule has 1 aromatic carbocycles. The topological polar surface area (TPSA) is 217 Å². The maximum Gasteiger partial charge on any atom is 0.229 e. The van der Waals surface area contributed by atoms with E-state index < -0.39 is 74.6 Å². The van der Waals surface area contributed by atoms with Gasteiger partial charge in [0.05, 0.1) is 19.8 Å². The van der Waals surface area contributed by atoms with Crippen LogP contribution < -0.4 is 14.8 Å². The fourth-order valence-corrected chi connectivity index (χ4v) is 4.03. The number of carbonyl (C=O) groups is 1. The molecule has 39 heavy (non-hydrogen) atoms. The van der Waals surface area contributed by atoms with E-state index >= 15 is 0 Å². The van der Waals surface area contributed by atoms with Gasteiger partial charge >= 0.3 is 0 Å². The summed E-state index contributed by atoms with van der Waals surface area (Å²) in [6.07, 6.45) is -9.72. The molecule has 3 rings (SSSR count). The molecule has 8 N–H and O–H groups in total. The smallest absolute Gasteiger partial charge is 0.229 e. The van der Waals surface area contributed by atoms with Gasteiger partial charge in [-0.25, -0.2) is 0 Å². The van der Waals surface area contributed by atoms with Crippen molar-refractivity contribution in [3.8, 4) is 23.8 Å². The van der Waals surface area contributed by atoms with Gasteiger partial charge in [-0.1, -0.05) is 0 Å². The van der Waals surface area contributed by atoms with E-state index in [1.54, 1.807) is 12.1 Å². The molecule has 0 spiro atoms. The van der Waals surface area contributed by atoms with E-state index in [2.05, 4.69) is 11.2 Å². The zero-order valence-corrected chi connectivity index (χ0v) is 21.0. The van der Waals surface area contributed by atoms with Gasteiger partial charge in [-0.3, -0.25) is 4.79 Å². The summed E-state index contributed by atoms with van der Waals surface area (Å²) < 4.78 is 27.5. The number of benzene rings is 1. The predicted molar refractivity (Wildman–Crippen MR) is 130 cm³/mol. The molecule has 2 saturated heterocycles. The van der Waals surface area contributed by atoms with Crippen LogP contribution >= 0.6 is 0 Å². The molecule has 0 aliphatic carbocycles. The molecule has 218 valence electrons. The number of nitrogens with one attached hydrogen (secondary N) is 1. The van der Waals surface area contributed by atoms with Crippen molar-refractivity contribution in [2.45, 2.75) is 74.3 Å². The fourth-order valence-electron chi connectivity index (χ4n) is 4.03. The number of rotatable bonds is 12. The number of aliphatic hydroxyl groups is 7. The molecule has 2 heterocycles. The summed E-state index contributed by atoms with van der Waals surface area (Å²) in [4.78, 5) is 11.5. The molecule has 2 aliphatic rings. The van der Waals surface area contributed by atoms with Crippen molar-refractivity contribution in [2.24, 2.45) is 0 Å². The molecule has 0 bridgehead atoms. The molecule has 1 aromatic rings. The number of hydrogen-bond donors (Lipinski definition) is 8. The Morgan fingerprint density at radius 3 is 2.13 bits per heavy atom. The number of carbonyl (C=O) groups excluding carboxylic acids is 1. The highest BCUT2D eigenvalue weighted by Gasteiger charge is 2.51. The molecule has 0 saturated carbocycles. The molecule has 0 radical (unpaired) electrons. The average molecular weight is 558 g/mol. The summed E-state index contributed by atoms with van der Waals surface area (Å²) in [5, 5.41) is 73.2. The minimum Gasteiger partial charge on any atom is -0.492 e. The number of hydrogen-bond acceptors (Lipinski definition) is 13. The van der Waals surface area contributed by atoms with Crippen LogP contribution in [0, 0.1) is 12.3 Å². The van der Waals surface area contributed by atoms with Crippen LogP contribution in [0.5, 0.6) is 11.5 Å². The lowest BCUT2D eigenvalue weighted by Gasteiger charge is -2.45. The van der Waals surface area contributed by atoms with Crippen LogP contribution in [0.15, 0.2) is 24.3 Å². The number of terminal acetylenes is 1. The standard InChI is InChI=1S/C25H35NO13/c1-2-3-4-17(29)26-9-10-35-13-5-7-14(8-6-13)36-24-22(34)20(32)23(16(12-28)38-24)39-25-21(33)19(31)18(30)15(11-27)37-25/h1,5-8,15-16,18-25,27-28,30-34H,3-4,9-12H2,(H,26,29)/t15-,16-,18+,19+,20-,21-,22-,23-,24-,25+/m1/s1. The molecule has 2 fully saturated rings. The van der Waals surface area contributed by atoms with Crippen LogP contribution in [0.3, 0.4) is 0 Å². The van der Waals surface area contributed by atoms with Crippen LogP contribution in [0.25, 0.3) is 0 Å². The SMILES string of the molecule is C#CCCC(=O)NCCOc1ccc(O[C@@H]2O[C@H](CO)[C@@H](O[C@@H]3O[C@H](CO)[C@H](O)[C@H](O)[C@H]3O)[C@H](O)[C@H]2O)cc1. The Morgan fingerprint density at radius 1 is 0.872 bits per heavy atom. The second-order valence-electron chi connectivity index (χ2n) is 9.00. The Hall–Kier alpha value is -2.55. The minimum atomic E-state index is -1.76. The Labute approximate surface area is 224 Å². The molecule has 0 aromatic heterocycles. The fraction of sp³-hybridized carbons (Fsp3) is 0.640. The van der Waals surface area contributed by atoms with E-state index in [1.165, 1.54) is 12.1 Å². The van der Waals surface area contributed by atoms with Gasteiger partial charge < -0.3 is 64.7 Å². The summed E-state index contributed by atoms with van der Waals surface area (Å²) in [6, 6.07) is 6.20. The van der Waals surface area contributed by atoms with Gasteiger partial charge in [0.25, 0.3) is 0 Å². The normalized spacial score (nSPS) is 34.6. The Balaban J connectivity index is 1.54. The van der Waals surface area contributed by atoms with Crippen molar-refractivity contribution in [3.05, 3.63) is 24.3 Å². The van der Waals surface area contributed by atoms with E-state index in [-0.39, 0.29) is 31.2 Å². The van der Waals surface area contributed by atoms with Crippen molar-refractivity contribution in [2.75, 3.05) is 26.4 Å². The Morgan fingerprint density at radius 2 is 1.49 bits per heavy atom. The van der Waals surface area contributed by atoms with Crippen LogP contribution in [0.1, 0.15) is 12.8 Å². The lowest BCUT2D eigenvalue weighted by Crippen LogP contribution is -2.65. The summed E-state index contributed by atoms with van der Waals surface area (Å²) in [7, 11) is 0. The highest BCUT2D eigenvalue weighted by Crippen LogP contribution is 2.30. The van der Waals surface area contributed by atoms with E-state index in [0.717, 1.165) is 0 Å². The van der Waals surface area contributed by atoms with Gasteiger partial charge in [-0.15, -0.1) is 12.3 Å². The van der Waals surface area contributed by atoms with Crippen LogP contribution in [0.4, 0.5) is 0 Å². The summed E-state index contributed by atoms with van der Waals surface area (Å²) in [5.74, 6) is 2.94. The minimum absolute atomic E-state index is 0.171. The second-order valence-corrected chi connectivity index (χ2v) is 9.00. The highest BCUT2D eigenvalue weighted by atomic mass is 16.7. The highest BCUT2D eigenvalue weighted by molar-refractivity contribution is 5.76. The number of aliphatic hydroxyl groups excluding tert-OH is 7. The van der Waals surface area contributed by atoms with Crippen LogP contribution in [0.2, 0.25) is 0 Å². The molecular formula is C25H35NO13. The van der Waals surface area contributed by atoms with Crippen LogP contribution in [-0.2, 0) is 19.0 Å². The van der Waals surface area contributed by atoms with Crippen LogP contribution in [-0.4, -0.2) is 129 Å². The third-order valence-corrected chi connectivity index (χ3v) is 6.23. The first-order valence-corrected chi connectivity index (χ1v) is 12.4. The molecule has 0 unspecified atom stereocenters. The van der Waals surface area contributed by atoms with E-state index in [1.807, 2.05) is 0 Å². The maximum absolute atomic E-state index is 11.5. The molecular weight excluding hydrogens is 522 g/mol. The van der Waals surface area contributed by atoms with Gasteiger partial charge in [0.1, 0.15) is 66.9 Å². The predicted octanol–water partition coefficient (Wildman–Crippen LogP) is -3.40. The van der Waals surface area contributed by atoms with Gasteiger partial charge in [-0.05, 0) is 24.3 Å². The average Bonchev–Trinajstić information content (AvgIpc) is 2.94. The molecule has 2 aliphatic heterocycles. The first-order chi connectivity index (χ1) is 18.7. The third kappa shape index (κ3) is 7.99. The second kappa shape index (κ2) is 14.7. The first-order valence-electron chi connectivity index (χ1n) is 12.4. The van der Waals surface area contributed by atoms with E-state index in [0.29, 0.717) is 12.2 Å². The Kier molecular flexibility index (Phi) is 11.7. The first kappa shape index (κ1) is 31.0. The molecule has 14 heteroatoms. The van der Waals surface area contributed by atoms with Crippen molar-refractivity contribution in [3.63, 3.8) is 0 Å². The third-order valence-electron chi connectivity index (χ3n) is 6.23. The summed E-state index contributed by atoms with van der Waals surface area (Å²) >= 11 is 0. The lowest BCUT2D eigenvalue weighted by atomic mass is 9.97. The molecule has 14 nitrogen and oxygen atoms in total.